The van der Waals surface area contributed by atoms with Gasteiger partial charge in [-0.05, 0) is 22.8 Å². The average molecular weight is 174 g/mol. The van der Waals surface area contributed by atoms with Gasteiger partial charge in [-0.3, -0.25) is 0 Å². The summed E-state index contributed by atoms with van der Waals surface area (Å²) in [6.07, 6.45) is 7.26. The lowest BCUT2D eigenvalue weighted by atomic mass is 9.93. The zero-order chi connectivity index (χ0) is 9.14. The van der Waals surface area contributed by atoms with Gasteiger partial charge in [-0.15, -0.1) is 0 Å². The molecule has 0 aromatic carbocycles. The van der Waals surface area contributed by atoms with Crippen LogP contribution < -0.4 is 0 Å². The van der Waals surface area contributed by atoms with E-state index in [1.165, 1.54) is 0 Å². The zero-order valence-electron chi connectivity index (χ0n) is 6.84. The van der Waals surface area contributed by atoms with Gasteiger partial charge >= 0.3 is 0 Å². The Balaban J connectivity index is 3.29. The van der Waals surface area contributed by atoms with E-state index in [4.69, 9.17) is 12.2 Å². The van der Waals surface area contributed by atoms with E-state index >= 15 is 0 Å². The molecule has 0 fully saturated rings. The van der Waals surface area contributed by atoms with Gasteiger partial charge in [0.05, 0.1) is 0 Å². The van der Waals surface area contributed by atoms with Crippen LogP contribution in [0.4, 0.5) is 0 Å². The summed E-state index contributed by atoms with van der Waals surface area (Å²) in [6.45, 7) is 11.3. The Labute approximate surface area is 78.3 Å². The van der Waals surface area contributed by atoms with Gasteiger partial charge in [0.15, 0.2) is 0 Å². The number of rotatable bonds is 2. The van der Waals surface area contributed by atoms with E-state index in [0.717, 1.165) is 21.6 Å². The van der Waals surface area contributed by atoms with Crippen molar-refractivity contribution in [2.24, 2.45) is 0 Å². The molecular weight excluding hydrogens is 164 g/mol. The molecule has 12 heavy (non-hydrogen) atoms. The van der Waals surface area contributed by atoms with Crippen molar-refractivity contribution >= 4 is 17.1 Å². The standard InChI is InChI=1S/C11H10S/c1-4-9-8(3)6-7-11(12)10(9)5-2/h4-7H,1-3H2. The highest BCUT2D eigenvalue weighted by molar-refractivity contribution is 7.81. The fourth-order valence-corrected chi connectivity index (χ4v) is 1.37. The summed E-state index contributed by atoms with van der Waals surface area (Å²) in [7, 11) is 0. The van der Waals surface area contributed by atoms with Crippen LogP contribution in [0.5, 0.6) is 0 Å². The highest BCUT2D eigenvalue weighted by Crippen LogP contribution is 2.23. The summed E-state index contributed by atoms with van der Waals surface area (Å²) in [5, 5.41) is 0. The molecule has 0 saturated heterocycles. The molecule has 0 unspecified atom stereocenters. The SMILES string of the molecule is C=CC1=C(C=C)C(=S)C=CC1=C. The minimum absolute atomic E-state index is 0.798. The molecule has 0 radical (unpaired) electrons. The number of thiocarbonyl (C=S) groups is 1. The Bertz CT molecular complexity index is 295. The quantitative estimate of drug-likeness (QED) is 0.579. The van der Waals surface area contributed by atoms with Crippen LogP contribution >= 0.6 is 12.2 Å². The first kappa shape index (κ1) is 8.88. The minimum atomic E-state index is 0.798. The second-order valence-electron chi connectivity index (χ2n) is 2.46. The van der Waals surface area contributed by atoms with E-state index in [1.807, 2.05) is 12.2 Å². The third kappa shape index (κ3) is 1.36. The molecule has 1 rings (SSSR count). The van der Waals surface area contributed by atoms with Gasteiger partial charge in [0.25, 0.3) is 0 Å². The van der Waals surface area contributed by atoms with E-state index in [9.17, 15) is 0 Å². The molecule has 0 saturated carbocycles. The molecule has 0 heterocycles. The van der Waals surface area contributed by atoms with Crippen molar-refractivity contribution in [3.8, 4) is 0 Å². The predicted molar refractivity (Wildman–Crippen MR) is 58.3 cm³/mol. The first-order valence-electron chi connectivity index (χ1n) is 3.61. The lowest BCUT2D eigenvalue weighted by molar-refractivity contribution is 1.52. The Morgan fingerprint density at radius 1 is 1.08 bits per heavy atom. The molecule has 0 aromatic heterocycles. The highest BCUT2D eigenvalue weighted by Gasteiger charge is 2.10. The van der Waals surface area contributed by atoms with Crippen molar-refractivity contribution in [2.75, 3.05) is 0 Å². The molecule has 0 aromatic rings. The number of hydrogen-bond acceptors (Lipinski definition) is 1. The lowest BCUT2D eigenvalue weighted by Crippen LogP contribution is -2.02. The third-order valence-corrected chi connectivity index (χ3v) is 2.10. The lowest BCUT2D eigenvalue weighted by Gasteiger charge is -2.12. The van der Waals surface area contributed by atoms with Crippen molar-refractivity contribution in [1.82, 2.24) is 0 Å². The van der Waals surface area contributed by atoms with Crippen LogP contribution in [0.25, 0.3) is 0 Å². The van der Waals surface area contributed by atoms with Crippen LogP contribution in [0.2, 0.25) is 0 Å². The van der Waals surface area contributed by atoms with E-state index in [-0.39, 0.29) is 0 Å². The summed E-state index contributed by atoms with van der Waals surface area (Å²) in [6, 6.07) is 0. The molecule has 1 heteroatoms. The summed E-state index contributed by atoms with van der Waals surface area (Å²) in [5.74, 6) is 0. The van der Waals surface area contributed by atoms with Crippen LogP contribution in [0, 0.1) is 0 Å². The Hall–Kier alpha value is -1.21. The molecular formula is C11H10S. The van der Waals surface area contributed by atoms with E-state index < -0.39 is 0 Å². The largest absolute Gasteiger partial charge is 0.0984 e. The highest BCUT2D eigenvalue weighted by atomic mass is 32.1. The molecule has 0 aliphatic heterocycles. The number of allylic oxidation sites excluding steroid dienone is 7. The molecule has 0 spiro atoms. The molecule has 60 valence electrons. The van der Waals surface area contributed by atoms with Gasteiger partial charge in [0, 0.05) is 4.86 Å². The summed E-state index contributed by atoms with van der Waals surface area (Å²) >= 11 is 5.12. The maximum absolute atomic E-state index is 5.12. The molecule has 0 N–H and O–H groups in total. The first-order valence-corrected chi connectivity index (χ1v) is 4.02. The Morgan fingerprint density at radius 3 is 2.08 bits per heavy atom. The van der Waals surface area contributed by atoms with Gasteiger partial charge < -0.3 is 0 Å². The van der Waals surface area contributed by atoms with Crippen LogP contribution in [0.15, 0.2) is 60.8 Å². The molecule has 0 nitrogen and oxygen atoms in total. The van der Waals surface area contributed by atoms with Gasteiger partial charge in [-0.25, -0.2) is 0 Å². The Kier molecular flexibility index (Phi) is 2.56. The maximum Gasteiger partial charge on any atom is 0.0455 e. The van der Waals surface area contributed by atoms with Crippen molar-refractivity contribution in [1.29, 1.82) is 0 Å². The molecule has 0 atom stereocenters. The predicted octanol–water partition coefficient (Wildman–Crippen LogP) is 3.15. The van der Waals surface area contributed by atoms with Gasteiger partial charge in [-0.1, -0.05) is 50.2 Å². The third-order valence-electron chi connectivity index (χ3n) is 1.75. The van der Waals surface area contributed by atoms with Crippen LogP contribution in [-0.2, 0) is 0 Å². The van der Waals surface area contributed by atoms with Crippen molar-refractivity contribution in [3.05, 3.63) is 60.8 Å². The van der Waals surface area contributed by atoms with Crippen molar-refractivity contribution < 1.29 is 0 Å². The molecule has 1 aliphatic carbocycles. The Morgan fingerprint density at radius 2 is 1.67 bits per heavy atom. The zero-order valence-corrected chi connectivity index (χ0v) is 7.66. The minimum Gasteiger partial charge on any atom is -0.0984 e. The van der Waals surface area contributed by atoms with Crippen molar-refractivity contribution in [3.63, 3.8) is 0 Å². The first-order chi connectivity index (χ1) is 5.70. The van der Waals surface area contributed by atoms with Crippen molar-refractivity contribution in [2.45, 2.75) is 0 Å². The maximum atomic E-state index is 5.12. The van der Waals surface area contributed by atoms with Crippen LogP contribution in [-0.4, -0.2) is 4.86 Å². The molecule has 1 aliphatic rings. The monoisotopic (exact) mass is 174 g/mol. The topological polar surface area (TPSA) is 0 Å². The normalized spacial score (nSPS) is 16.7. The van der Waals surface area contributed by atoms with E-state index in [0.29, 0.717) is 0 Å². The van der Waals surface area contributed by atoms with Crippen LogP contribution in [0.3, 0.4) is 0 Å². The van der Waals surface area contributed by atoms with Crippen LogP contribution in [0.1, 0.15) is 0 Å². The molecule has 0 amide bonds. The van der Waals surface area contributed by atoms with Gasteiger partial charge in [0.2, 0.25) is 0 Å². The summed E-state index contributed by atoms with van der Waals surface area (Å²) in [4.78, 5) is 0.798. The van der Waals surface area contributed by atoms with E-state index in [1.54, 1.807) is 12.2 Å². The average Bonchev–Trinajstić information content (AvgIpc) is 2.08. The second-order valence-corrected chi connectivity index (χ2v) is 2.90. The smallest absolute Gasteiger partial charge is 0.0455 e. The van der Waals surface area contributed by atoms with Gasteiger partial charge in [0.1, 0.15) is 0 Å². The van der Waals surface area contributed by atoms with Gasteiger partial charge in [-0.2, -0.15) is 0 Å². The summed E-state index contributed by atoms with van der Waals surface area (Å²) < 4.78 is 0. The fraction of sp³-hybridized carbons (Fsp3) is 0. The number of hydrogen-bond donors (Lipinski definition) is 0. The second kappa shape index (κ2) is 3.46. The van der Waals surface area contributed by atoms with E-state index in [2.05, 4.69) is 19.7 Å². The molecule has 0 bridgehead atoms. The fourth-order valence-electron chi connectivity index (χ4n) is 1.11. The summed E-state index contributed by atoms with van der Waals surface area (Å²) in [5.41, 5.74) is 2.87.